The molecule has 110 valence electrons. The molecule has 0 spiro atoms. The molecule has 2 atom stereocenters. The average molecular weight is 296 g/mol. The van der Waals surface area contributed by atoms with Crippen molar-refractivity contribution in [2.75, 3.05) is 25.0 Å². The van der Waals surface area contributed by atoms with Crippen molar-refractivity contribution in [2.24, 2.45) is 11.7 Å². The van der Waals surface area contributed by atoms with E-state index >= 15 is 0 Å². The molecule has 0 bridgehead atoms. The lowest BCUT2D eigenvalue weighted by atomic mass is 9.97. The van der Waals surface area contributed by atoms with Gasteiger partial charge in [-0.15, -0.1) is 0 Å². The molecular formula is C15H22ClN3O. The second-order valence-corrected chi connectivity index (χ2v) is 6.16. The first-order valence-corrected chi connectivity index (χ1v) is 7.36. The van der Waals surface area contributed by atoms with Gasteiger partial charge in [-0.2, -0.15) is 0 Å². The van der Waals surface area contributed by atoms with Crippen molar-refractivity contribution in [3.8, 4) is 0 Å². The summed E-state index contributed by atoms with van der Waals surface area (Å²) in [6.07, 6.45) is 1.03. The van der Waals surface area contributed by atoms with Crippen LogP contribution < -0.4 is 11.1 Å². The number of carbonyl (C=O) groups excluding carboxylic acids is 1. The SMILES string of the molecule is Cc1c(Cl)cccc1NC(=O)CN1CC(C)CC(N)C1. The maximum atomic E-state index is 12.1. The fraction of sp³-hybridized carbons (Fsp3) is 0.533. The number of likely N-dealkylation sites (tertiary alicyclic amines) is 1. The zero-order valence-electron chi connectivity index (χ0n) is 12.0. The van der Waals surface area contributed by atoms with Gasteiger partial charge < -0.3 is 11.1 Å². The summed E-state index contributed by atoms with van der Waals surface area (Å²) in [7, 11) is 0. The van der Waals surface area contributed by atoms with Crippen LogP contribution in [0.2, 0.25) is 5.02 Å². The fourth-order valence-electron chi connectivity index (χ4n) is 2.78. The molecule has 1 fully saturated rings. The van der Waals surface area contributed by atoms with Gasteiger partial charge in [-0.05, 0) is 37.0 Å². The first kappa shape index (κ1) is 15.3. The predicted octanol–water partition coefficient (Wildman–Crippen LogP) is 2.26. The molecule has 1 saturated heterocycles. The van der Waals surface area contributed by atoms with E-state index < -0.39 is 0 Å². The number of hydrogen-bond donors (Lipinski definition) is 2. The highest BCUT2D eigenvalue weighted by Gasteiger charge is 2.23. The minimum atomic E-state index is -0.0170. The molecule has 1 aromatic rings. The number of hydrogen-bond acceptors (Lipinski definition) is 3. The molecule has 0 aromatic heterocycles. The normalized spacial score (nSPS) is 23.6. The summed E-state index contributed by atoms with van der Waals surface area (Å²) in [6.45, 7) is 6.16. The van der Waals surface area contributed by atoms with Crippen LogP contribution >= 0.6 is 11.6 Å². The average Bonchev–Trinajstić information content (AvgIpc) is 2.33. The van der Waals surface area contributed by atoms with Crippen LogP contribution in [0.25, 0.3) is 0 Å². The van der Waals surface area contributed by atoms with E-state index in [0.29, 0.717) is 17.5 Å². The second-order valence-electron chi connectivity index (χ2n) is 5.76. The summed E-state index contributed by atoms with van der Waals surface area (Å²) in [6, 6.07) is 5.69. The van der Waals surface area contributed by atoms with Crippen molar-refractivity contribution in [3.05, 3.63) is 28.8 Å². The summed E-state index contributed by atoms with van der Waals surface area (Å²) in [5.74, 6) is 0.524. The molecule has 5 heteroatoms. The third-order valence-electron chi connectivity index (χ3n) is 3.68. The van der Waals surface area contributed by atoms with Crippen LogP contribution in [0.3, 0.4) is 0 Å². The quantitative estimate of drug-likeness (QED) is 0.899. The van der Waals surface area contributed by atoms with Crippen molar-refractivity contribution < 1.29 is 4.79 Å². The summed E-state index contributed by atoms with van der Waals surface area (Å²) >= 11 is 6.05. The second kappa shape index (κ2) is 6.57. The highest BCUT2D eigenvalue weighted by molar-refractivity contribution is 6.31. The highest BCUT2D eigenvalue weighted by Crippen LogP contribution is 2.23. The molecule has 3 N–H and O–H groups in total. The molecule has 1 heterocycles. The van der Waals surface area contributed by atoms with Gasteiger partial charge in [0.1, 0.15) is 0 Å². The van der Waals surface area contributed by atoms with Gasteiger partial charge in [-0.1, -0.05) is 24.6 Å². The van der Waals surface area contributed by atoms with Crippen molar-refractivity contribution >= 4 is 23.2 Å². The van der Waals surface area contributed by atoms with Crippen LogP contribution in [0.15, 0.2) is 18.2 Å². The Balaban J connectivity index is 1.94. The smallest absolute Gasteiger partial charge is 0.238 e. The number of amides is 1. The Kier molecular flexibility index (Phi) is 5.02. The van der Waals surface area contributed by atoms with Gasteiger partial charge in [-0.25, -0.2) is 0 Å². The van der Waals surface area contributed by atoms with E-state index in [-0.39, 0.29) is 11.9 Å². The van der Waals surface area contributed by atoms with E-state index in [0.717, 1.165) is 30.8 Å². The maximum Gasteiger partial charge on any atom is 0.238 e. The number of anilines is 1. The lowest BCUT2D eigenvalue weighted by Gasteiger charge is -2.34. The van der Waals surface area contributed by atoms with E-state index in [1.54, 1.807) is 0 Å². The van der Waals surface area contributed by atoms with Crippen molar-refractivity contribution in [3.63, 3.8) is 0 Å². The predicted molar refractivity (Wildman–Crippen MR) is 83.0 cm³/mol. The molecule has 1 aromatic carbocycles. The van der Waals surface area contributed by atoms with Crippen molar-refractivity contribution in [1.29, 1.82) is 0 Å². The van der Waals surface area contributed by atoms with Gasteiger partial charge in [0.2, 0.25) is 5.91 Å². The van der Waals surface area contributed by atoms with Gasteiger partial charge in [0.25, 0.3) is 0 Å². The first-order chi connectivity index (χ1) is 9.45. The van der Waals surface area contributed by atoms with Gasteiger partial charge in [-0.3, -0.25) is 9.69 Å². The largest absolute Gasteiger partial charge is 0.327 e. The van der Waals surface area contributed by atoms with Crippen molar-refractivity contribution in [2.45, 2.75) is 26.3 Å². The molecule has 1 amide bonds. The molecule has 2 unspecified atom stereocenters. The number of nitrogens with one attached hydrogen (secondary N) is 1. The van der Waals surface area contributed by atoms with E-state index in [2.05, 4.69) is 17.1 Å². The topological polar surface area (TPSA) is 58.4 Å². The van der Waals surface area contributed by atoms with Gasteiger partial charge in [0, 0.05) is 29.8 Å². The van der Waals surface area contributed by atoms with E-state index in [1.807, 2.05) is 25.1 Å². The molecule has 20 heavy (non-hydrogen) atoms. The lowest BCUT2D eigenvalue weighted by molar-refractivity contribution is -0.117. The van der Waals surface area contributed by atoms with Crippen LogP contribution in [0.5, 0.6) is 0 Å². The van der Waals surface area contributed by atoms with E-state index in [4.69, 9.17) is 17.3 Å². The molecule has 1 aliphatic rings. The maximum absolute atomic E-state index is 12.1. The third kappa shape index (κ3) is 3.95. The fourth-order valence-corrected chi connectivity index (χ4v) is 2.95. The number of carbonyl (C=O) groups is 1. The van der Waals surface area contributed by atoms with Crippen LogP contribution in [0.1, 0.15) is 18.9 Å². The standard InChI is InChI=1S/C15H22ClN3O/c1-10-6-12(17)8-19(7-10)9-15(20)18-14-5-3-4-13(16)11(14)2/h3-5,10,12H,6-9,17H2,1-2H3,(H,18,20). The number of rotatable bonds is 3. The Morgan fingerprint density at radius 3 is 2.95 bits per heavy atom. The summed E-state index contributed by atoms with van der Waals surface area (Å²) in [4.78, 5) is 14.2. The Labute approximate surface area is 125 Å². The van der Waals surface area contributed by atoms with Crippen LogP contribution in [-0.4, -0.2) is 36.5 Å². The number of halogens is 1. The van der Waals surface area contributed by atoms with Gasteiger partial charge >= 0.3 is 0 Å². The number of nitrogens with zero attached hydrogens (tertiary/aromatic N) is 1. The third-order valence-corrected chi connectivity index (χ3v) is 4.09. The monoisotopic (exact) mass is 295 g/mol. The zero-order valence-corrected chi connectivity index (χ0v) is 12.8. The van der Waals surface area contributed by atoms with E-state index in [9.17, 15) is 4.79 Å². The number of benzene rings is 1. The zero-order chi connectivity index (χ0) is 14.7. The van der Waals surface area contributed by atoms with Crippen LogP contribution in [0, 0.1) is 12.8 Å². The molecule has 2 rings (SSSR count). The minimum absolute atomic E-state index is 0.0170. The Morgan fingerprint density at radius 1 is 1.50 bits per heavy atom. The highest BCUT2D eigenvalue weighted by atomic mass is 35.5. The minimum Gasteiger partial charge on any atom is -0.327 e. The number of nitrogens with two attached hydrogens (primary N) is 1. The van der Waals surface area contributed by atoms with E-state index in [1.165, 1.54) is 0 Å². The van der Waals surface area contributed by atoms with Crippen molar-refractivity contribution in [1.82, 2.24) is 4.90 Å². The Bertz CT molecular complexity index is 482. The lowest BCUT2D eigenvalue weighted by Crippen LogP contribution is -2.48. The number of piperidine rings is 1. The Morgan fingerprint density at radius 2 is 2.25 bits per heavy atom. The summed E-state index contributed by atoms with van der Waals surface area (Å²) in [5, 5.41) is 3.59. The molecule has 0 aliphatic carbocycles. The molecule has 0 saturated carbocycles. The molecular weight excluding hydrogens is 274 g/mol. The van der Waals surface area contributed by atoms with Crippen LogP contribution in [0.4, 0.5) is 5.69 Å². The van der Waals surface area contributed by atoms with Crippen LogP contribution in [-0.2, 0) is 4.79 Å². The summed E-state index contributed by atoms with van der Waals surface area (Å²) in [5.41, 5.74) is 7.67. The molecule has 0 radical (unpaired) electrons. The molecule has 4 nitrogen and oxygen atoms in total. The Hall–Kier alpha value is -1.10. The van der Waals surface area contributed by atoms with Gasteiger partial charge in [0.05, 0.1) is 6.54 Å². The summed E-state index contributed by atoms with van der Waals surface area (Å²) < 4.78 is 0. The molecule has 1 aliphatic heterocycles. The first-order valence-electron chi connectivity index (χ1n) is 6.98. The van der Waals surface area contributed by atoms with Gasteiger partial charge in [0.15, 0.2) is 0 Å².